The Hall–Kier alpha value is -2.01. The Bertz CT molecular complexity index is 917. The van der Waals surface area contributed by atoms with Crippen LogP contribution in [0.1, 0.15) is 56.8 Å². The molecule has 2 fully saturated rings. The summed E-state index contributed by atoms with van der Waals surface area (Å²) in [6.45, 7) is 6.37. The van der Waals surface area contributed by atoms with Crippen molar-refractivity contribution in [2.24, 2.45) is 5.41 Å². The SMILES string of the molecule is CN1CCC(OC(=O)C23CCC(c4nc5ccccc5nc42)C3(C)C)CC1. The number of hydrogen-bond acceptors (Lipinski definition) is 5. The number of carbonyl (C=O) groups is 1. The maximum Gasteiger partial charge on any atom is 0.319 e. The van der Waals surface area contributed by atoms with E-state index in [1.807, 2.05) is 24.3 Å². The third-order valence-corrected chi connectivity index (χ3v) is 7.40. The number of fused-ring (bicyclic) bond motifs is 6. The topological polar surface area (TPSA) is 55.3 Å². The van der Waals surface area contributed by atoms with Crippen LogP contribution < -0.4 is 0 Å². The minimum atomic E-state index is -0.659. The molecule has 3 aliphatic rings. The van der Waals surface area contributed by atoms with Gasteiger partial charge in [0.1, 0.15) is 11.5 Å². The van der Waals surface area contributed by atoms with Gasteiger partial charge in [-0.3, -0.25) is 4.79 Å². The smallest absolute Gasteiger partial charge is 0.319 e. The lowest BCUT2D eigenvalue weighted by atomic mass is 9.68. The monoisotopic (exact) mass is 365 g/mol. The second-order valence-electron chi connectivity index (χ2n) is 9.07. The summed E-state index contributed by atoms with van der Waals surface area (Å²) in [7, 11) is 2.12. The first kappa shape index (κ1) is 17.1. The first-order chi connectivity index (χ1) is 12.9. The Balaban J connectivity index is 1.56. The van der Waals surface area contributed by atoms with Gasteiger partial charge in [0.15, 0.2) is 0 Å². The van der Waals surface area contributed by atoms with Gasteiger partial charge >= 0.3 is 5.97 Å². The molecule has 27 heavy (non-hydrogen) atoms. The Morgan fingerprint density at radius 1 is 1.11 bits per heavy atom. The molecule has 5 nitrogen and oxygen atoms in total. The van der Waals surface area contributed by atoms with Crippen LogP contribution in [0.25, 0.3) is 11.0 Å². The molecule has 5 heteroatoms. The van der Waals surface area contributed by atoms with E-state index in [-0.39, 0.29) is 23.4 Å². The molecule has 5 rings (SSSR count). The molecule has 142 valence electrons. The fraction of sp³-hybridized carbons (Fsp3) is 0.591. The second kappa shape index (κ2) is 5.74. The van der Waals surface area contributed by atoms with Crippen LogP contribution in [0.15, 0.2) is 24.3 Å². The maximum absolute atomic E-state index is 13.6. The van der Waals surface area contributed by atoms with Gasteiger partial charge in [-0.15, -0.1) is 0 Å². The fourth-order valence-corrected chi connectivity index (χ4v) is 5.63. The number of piperidine rings is 1. The summed E-state index contributed by atoms with van der Waals surface area (Å²) in [5, 5.41) is 0. The third kappa shape index (κ3) is 2.24. The van der Waals surface area contributed by atoms with Crippen LogP contribution in [0.3, 0.4) is 0 Å². The normalized spacial score (nSPS) is 29.8. The number of esters is 1. The lowest BCUT2D eigenvalue weighted by molar-refractivity contribution is -0.162. The van der Waals surface area contributed by atoms with Crippen molar-refractivity contribution in [3.63, 3.8) is 0 Å². The molecule has 1 saturated heterocycles. The van der Waals surface area contributed by atoms with Crippen molar-refractivity contribution in [1.29, 1.82) is 0 Å². The minimum Gasteiger partial charge on any atom is -0.462 e. The van der Waals surface area contributed by atoms with Crippen molar-refractivity contribution >= 4 is 17.0 Å². The van der Waals surface area contributed by atoms with E-state index >= 15 is 0 Å². The highest BCUT2D eigenvalue weighted by Crippen LogP contribution is 2.67. The highest BCUT2D eigenvalue weighted by molar-refractivity contribution is 5.88. The molecule has 2 aliphatic carbocycles. The van der Waals surface area contributed by atoms with Gasteiger partial charge in [-0.05, 0) is 50.3 Å². The standard InChI is InChI=1S/C22H27N3O2/c1-21(2)15-8-11-22(21,20(26)27-14-9-12-25(3)13-10-14)19-18(15)23-16-6-4-5-7-17(16)24-19/h4-7,14-15H,8-13H2,1-3H3. The average molecular weight is 365 g/mol. The molecule has 2 aromatic rings. The van der Waals surface area contributed by atoms with Crippen LogP contribution in [0.5, 0.6) is 0 Å². The summed E-state index contributed by atoms with van der Waals surface area (Å²) in [4.78, 5) is 25.8. The number of ether oxygens (including phenoxy) is 1. The van der Waals surface area contributed by atoms with E-state index in [0.717, 1.165) is 61.2 Å². The van der Waals surface area contributed by atoms with Gasteiger partial charge in [0, 0.05) is 19.0 Å². The Kier molecular flexibility index (Phi) is 3.64. The summed E-state index contributed by atoms with van der Waals surface area (Å²) in [6.07, 6.45) is 3.65. The van der Waals surface area contributed by atoms with Crippen LogP contribution in [0.2, 0.25) is 0 Å². The molecule has 1 saturated carbocycles. The summed E-state index contributed by atoms with van der Waals surface area (Å²) in [5.74, 6) is 0.197. The number of nitrogens with zero attached hydrogens (tertiary/aromatic N) is 3. The minimum absolute atomic E-state index is 0.0235. The van der Waals surface area contributed by atoms with E-state index in [1.54, 1.807) is 0 Å². The number of aromatic nitrogens is 2. The fourth-order valence-electron chi connectivity index (χ4n) is 5.63. The summed E-state index contributed by atoms with van der Waals surface area (Å²) < 4.78 is 6.12. The largest absolute Gasteiger partial charge is 0.462 e. The third-order valence-electron chi connectivity index (χ3n) is 7.40. The molecule has 2 atom stereocenters. The molecule has 0 spiro atoms. The molecular weight excluding hydrogens is 338 g/mol. The van der Waals surface area contributed by atoms with Crippen molar-refractivity contribution in [2.75, 3.05) is 20.1 Å². The van der Waals surface area contributed by atoms with Crippen LogP contribution in [-0.2, 0) is 14.9 Å². The Morgan fingerprint density at radius 3 is 2.48 bits per heavy atom. The molecule has 1 aromatic carbocycles. The number of benzene rings is 1. The molecule has 2 heterocycles. The van der Waals surface area contributed by atoms with Crippen molar-refractivity contribution in [2.45, 2.75) is 57.0 Å². The highest BCUT2D eigenvalue weighted by atomic mass is 16.5. The van der Waals surface area contributed by atoms with Crippen molar-refractivity contribution in [1.82, 2.24) is 14.9 Å². The van der Waals surface area contributed by atoms with Gasteiger partial charge in [-0.1, -0.05) is 26.0 Å². The molecule has 1 aliphatic heterocycles. The van der Waals surface area contributed by atoms with E-state index in [1.165, 1.54) is 0 Å². The molecule has 1 aromatic heterocycles. The first-order valence-corrected chi connectivity index (χ1v) is 10.1. The second-order valence-corrected chi connectivity index (χ2v) is 9.07. The lowest BCUT2D eigenvalue weighted by Crippen LogP contribution is -2.47. The zero-order chi connectivity index (χ0) is 18.8. The average Bonchev–Trinajstić information content (AvgIpc) is 3.03. The van der Waals surface area contributed by atoms with Gasteiger partial charge in [0.2, 0.25) is 0 Å². The summed E-state index contributed by atoms with van der Waals surface area (Å²) in [5.41, 5.74) is 2.80. The first-order valence-electron chi connectivity index (χ1n) is 10.1. The number of carbonyl (C=O) groups excluding carboxylic acids is 1. The van der Waals surface area contributed by atoms with Gasteiger partial charge in [-0.25, -0.2) is 9.97 Å². The summed E-state index contributed by atoms with van der Waals surface area (Å²) >= 11 is 0. The van der Waals surface area contributed by atoms with E-state index in [0.29, 0.717) is 0 Å². The molecule has 0 N–H and O–H groups in total. The van der Waals surface area contributed by atoms with E-state index < -0.39 is 5.41 Å². The van der Waals surface area contributed by atoms with Gasteiger partial charge in [-0.2, -0.15) is 0 Å². The lowest BCUT2D eigenvalue weighted by Gasteiger charge is -2.37. The molecule has 2 unspecified atom stereocenters. The number of likely N-dealkylation sites (tertiary alicyclic amines) is 1. The van der Waals surface area contributed by atoms with Gasteiger partial charge in [0.25, 0.3) is 0 Å². The Labute approximate surface area is 160 Å². The van der Waals surface area contributed by atoms with E-state index in [9.17, 15) is 4.79 Å². The molecular formula is C22H27N3O2. The van der Waals surface area contributed by atoms with Crippen molar-refractivity contribution in [3.05, 3.63) is 35.7 Å². The number of rotatable bonds is 2. The van der Waals surface area contributed by atoms with E-state index in [4.69, 9.17) is 14.7 Å². The summed E-state index contributed by atoms with van der Waals surface area (Å²) in [6, 6.07) is 7.96. The molecule has 2 bridgehead atoms. The maximum atomic E-state index is 13.6. The van der Waals surface area contributed by atoms with Crippen molar-refractivity contribution in [3.8, 4) is 0 Å². The predicted octanol–water partition coefficient (Wildman–Crippen LogP) is 3.42. The number of hydrogen-bond donors (Lipinski definition) is 0. The van der Waals surface area contributed by atoms with Crippen molar-refractivity contribution < 1.29 is 9.53 Å². The van der Waals surface area contributed by atoms with Gasteiger partial charge < -0.3 is 9.64 Å². The van der Waals surface area contributed by atoms with E-state index in [2.05, 4.69) is 25.8 Å². The van der Waals surface area contributed by atoms with Crippen LogP contribution in [0, 0.1) is 5.41 Å². The quantitative estimate of drug-likeness (QED) is 0.763. The predicted molar refractivity (Wildman–Crippen MR) is 104 cm³/mol. The van der Waals surface area contributed by atoms with Gasteiger partial charge in [0.05, 0.1) is 22.4 Å². The molecule has 0 radical (unpaired) electrons. The number of para-hydroxylation sites is 2. The van der Waals surface area contributed by atoms with Crippen LogP contribution >= 0.6 is 0 Å². The highest BCUT2D eigenvalue weighted by Gasteiger charge is 2.69. The van der Waals surface area contributed by atoms with Crippen LogP contribution in [0.4, 0.5) is 0 Å². The zero-order valence-corrected chi connectivity index (χ0v) is 16.4. The Morgan fingerprint density at radius 2 is 1.78 bits per heavy atom. The zero-order valence-electron chi connectivity index (χ0n) is 16.4. The van der Waals surface area contributed by atoms with Crippen LogP contribution in [-0.4, -0.2) is 47.1 Å². The molecule has 0 amide bonds.